The van der Waals surface area contributed by atoms with Gasteiger partial charge in [0.2, 0.25) is 0 Å². The minimum Gasteiger partial charge on any atom is -0.508 e. The van der Waals surface area contributed by atoms with E-state index in [0.717, 1.165) is 6.42 Å². The van der Waals surface area contributed by atoms with Crippen LogP contribution in [-0.2, 0) is 6.42 Å². The Morgan fingerprint density at radius 3 is 2.35 bits per heavy atom. The molecule has 2 atom stereocenters. The number of nitrogens with one attached hydrogen (secondary N) is 1. The quantitative estimate of drug-likeness (QED) is 0.757. The van der Waals surface area contributed by atoms with Gasteiger partial charge < -0.3 is 15.5 Å². The van der Waals surface area contributed by atoms with Gasteiger partial charge in [0.1, 0.15) is 5.75 Å². The number of para-hydroxylation sites is 1. The van der Waals surface area contributed by atoms with Crippen LogP contribution in [0.5, 0.6) is 5.75 Å². The molecule has 0 spiro atoms. The summed E-state index contributed by atoms with van der Waals surface area (Å²) in [5, 5.41) is 23.1. The van der Waals surface area contributed by atoms with Gasteiger partial charge in [0.15, 0.2) is 0 Å². The Labute approximate surface area is 119 Å². The van der Waals surface area contributed by atoms with Crippen molar-refractivity contribution in [1.29, 1.82) is 0 Å². The molecule has 2 aromatic rings. The van der Waals surface area contributed by atoms with E-state index in [1.54, 1.807) is 18.2 Å². The van der Waals surface area contributed by atoms with E-state index >= 15 is 0 Å². The van der Waals surface area contributed by atoms with E-state index < -0.39 is 6.10 Å². The molecule has 0 radical (unpaired) electrons. The lowest BCUT2D eigenvalue weighted by Crippen LogP contribution is -2.32. The molecule has 3 nitrogen and oxygen atoms in total. The first kappa shape index (κ1) is 14.6. The van der Waals surface area contributed by atoms with Crippen molar-refractivity contribution in [3.8, 4) is 5.75 Å². The maximum Gasteiger partial charge on any atom is 0.121 e. The van der Waals surface area contributed by atoms with Gasteiger partial charge >= 0.3 is 0 Å². The van der Waals surface area contributed by atoms with Gasteiger partial charge in [0.25, 0.3) is 0 Å². The summed E-state index contributed by atoms with van der Waals surface area (Å²) in [5.74, 6) is 0.137. The molecule has 0 aliphatic rings. The lowest BCUT2D eigenvalue weighted by atomic mass is 10.1. The van der Waals surface area contributed by atoms with Crippen LogP contribution in [0.3, 0.4) is 0 Å². The van der Waals surface area contributed by atoms with Crippen molar-refractivity contribution in [2.75, 3.05) is 6.54 Å². The summed E-state index contributed by atoms with van der Waals surface area (Å²) in [7, 11) is 0. The maximum absolute atomic E-state index is 10.1. The van der Waals surface area contributed by atoms with Crippen LogP contribution in [0, 0.1) is 0 Å². The van der Waals surface area contributed by atoms with Crippen LogP contribution >= 0.6 is 0 Å². The Balaban J connectivity index is 1.84. The number of hydrogen-bond donors (Lipinski definition) is 3. The molecule has 0 aliphatic carbocycles. The Bertz CT molecular complexity index is 528. The van der Waals surface area contributed by atoms with Crippen molar-refractivity contribution in [1.82, 2.24) is 5.32 Å². The summed E-state index contributed by atoms with van der Waals surface area (Å²) in [4.78, 5) is 0. The SMILES string of the molecule is CC(Cc1ccccc1)NC[C@H](O)c1ccccc1O. The number of hydrogen-bond acceptors (Lipinski definition) is 3. The predicted molar refractivity (Wildman–Crippen MR) is 80.7 cm³/mol. The van der Waals surface area contributed by atoms with Crippen LogP contribution in [0.4, 0.5) is 0 Å². The van der Waals surface area contributed by atoms with Crippen molar-refractivity contribution in [3.05, 3.63) is 65.7 Å². The zero-order chi connectivity index (χ0) is 14.4. The second-order valence-electron chi connectivity index (χ2n) is 5.07. The first-order valence-electron chi connectivity index (χ1n) is 6.90. The highest BCUT2D eigenvalue weighted by molar-refractivity contribution is 5.33. The molecule has 3 N–H and O–H groups in total. The van der Waals surface area contributed by atoms with Crippen LogP contribution in [-0.4, -0.2) is 22.8 Å². The fourth-order valence-corrected chi connectivity index (χ4v) is 2.23. The normalized spacial score (nSPS) is 13.9. The minimum absolute atomic E-state index is 0.137. The van der Waals surface area contributed by atoms with Gasteiger partial charge in [-0.05, 0) is 25.0 Å². The molecule has 2 rings (SSSR count). The van der Waals surface area contributed by atoms with E-state index in [1.165, 1.54) is 5.56 Å². The van der Waals surface area contributed by atoms with E-state index in [2.05, 4.69) is 24.4 Å². The summed E-state index contributed by atoms with van der Waals surface area (Å²) in [6, 6.07) is 17.4. The molecule has 0 fully saturated rings. The number of aliphatic hydroxyl groups excluding tert-OH is 1. The molecule has 0 heterocycles. The van der Waals surface area contributed by atoms with Crippen LogP contribution in [0.25, 0.3) is 0 Å². The van der Waals surface area contributed by atoms with Crippen molar-refractivity contribution >= 4 is 0 Å². The van der Waals surface area contributed by atoms with Gasteiger partial charge in [-0.2, -0.15) is 0 Å². The number of aliphatic hydroxyl groups is 1. The molecule has 20 heavy (non-hydrogen) atoms. The van der Waals surface area contributed by atoms with Crippen molar-refractivity contribution in [2.24, 2.45) is 0 Å². The van der Waals surface area contributed by atoms with Crippen LogP contribution in [0.2, 0.25) is 0 Å². The summed E-state index contributed by atoms with van der Waals surface area (Å²) in [5.41, 5.74) is 1.83. The zero-order valence-corrected chi connectivity index (χ0v) is 11.7. The Morgan fingerprint density at radius 2 is 1.65 bits per heavy atom. The maximum atomic E-state index is 10.1. The molecule has 0 bridgehead atoms. The number of aromatic hydroxyl groups is 1. The van der Waals surface area contributed by atoms with Crippen LogP contribution < -0.4 is 5.32 Å². The fraction of sp³-hybridized carbons (Fsp3) is 0.294. The molecule has 0 saturated heterocycles. The largest absolute Gasteiger partial charge is 0.508 e. The van der Waals surface area contributed by atoms with Gasteiger partial charge in [-0.1, -0.05) is 48.5 Å². The lowest BCUT2D eigenvalue weighted by Gasteiger charge is -2.18. The van der Waals surface area contributed by atoms with E-state index in [0.29, 0.717) is 12.1 Å². The molecule has 106 valence electrons. The second-order valence-corrected chi connectivity index (χ2v) is 5.07. The van der Waals surface area contributed by atoms with Crippen molar-refractivity contribution in [2.45, 2.75) is 25.5 Å². The number of benzene rings is 2. The highest BCUT2D eigenvalue weighted by Gasteiger charge is 2.12. The van der Waals surface area contributed by atoms with Crippen molar-refractivity contribution < 1.29 is 10.2 Å². The zero-order valence-electron chi connectivity index (χ0n) is 11.7. The third kappa shape index (κ3) is 4.08. The molecule has 3 heteroatoms. The molecular weight excluding hydrogens is 250 g/mol. The Kier molecular flexibility index (Phi) is 5.16. The highest BCUT2D eigenvalue weighted by Crippen LogP contribution is 2.22. The molecular formula is C17H21NO2. The van der Waals surface area contributed by atoms with Gasteiger partial charge in [0.05, 0.1) is 6.10 Å². The Hall–Kier alpha value is -1.84. The van der Waals surface area contributed by atoms with Gasteiger partial charge in [-0.3, -0.25) is 0 Å². The first-order valence-corrected chi connectivity index (χ1v) is 6.90. The smallest absolute Gasteiger partial charge is 0.121 e. The summed E-state index contributed by atoms with van der Waals surface area (Å²) in [6.45, 7) is 2.51. The molecule has 0 amide bonds. The monoisotopic (exact) mass is 271 g/mol. The average molecular weight is 271 g/mol. The third-order valence-corrected chi connectivity index (χ3v) is 3.34. The average Bonchev–Trinajstić information content (AvgIpc) is 2.46. The molecule has 1 unspecified atom stereocenters. The third-order valence-electron chi connectivity index (χ3n) is 3.34. The molecule has 0 aromatic heterocycles. The molecule has 0 aliphatic heterocycles. The molecule has 0 saturated carbocycles. The van der Waals surface area contributed by atoms with Crippen LogP contribution in [0.1, 0.15) is 24.2 Å². The summed E-state index contributed by atoms with van der Waals surface area (Å²) >= 11 is 0. The van der Waals surface area contributed by atoms with E-state index in [4.69, 9.17) is 0 Å². The van der Waals surface area contributed by atoms with Gasteiger partial charge in [-0.15, -0.1) is 0 Å². The highest BCUT2D eigenvalue weighted by atomic mass is 16.3. The number of phenolic OH excluding ortho intramolecular Hbond substituents is 1. The van der Waals surface area contributed by atoms with Gasteiger partial charge in [0, 0.05) is 18.2 Å². The topological polar surface area (TPSA) is 52.5 Å². The van der Waals surface area contributed by atoms with E-state index in [-0.39, 0.29) is 11.8 Å². The predicted octanol–water partition coefficient (Wildman–Crippen LogP) is 2.65. The number of phenols is 1. The van der Waals surface area contributed by atoms with Gasteiger partial charge in [-0.25, -0.2) is 0 Å². The number of rotatable bonds is 6. The Morgan fingerprint density at radius 1 is 1.00 bits per heavy atom. The lowest BCUT2D eigenvalue weighted by molar-refractivity contribution is 0.167. The first-order chi connectivity index (χ1) is 9.66. The fourth-order valence-electron chi connectivity index (χ4n) is 2.23. The molecule has 2 aromatic carbocycles. The standard InChI is InChI=1S/C17H21NO2/c1-13(11-14-7-3-2-4-8-14)18-12-17(20)15-9-5-6-10-16(15)19/h2-10,13,17-20H,11-12H2,1H3/t13?,17-/m0/s1. The summed E-state index contributed by atoms with van der Waals surface area (Å²) < 4.78 is 0. The minimum atomic E-state index is -0.700. The van der Waals surface area contributed by atoms with Crippen LogP contribution in [0.15, 0.2) is 54.6 Å². The summed E-state index contributed by atoms with van der Waals surface area (Å²) in [6.07, 6.45) is 0.211. The van der Waals surface area contributed by atoms with Crippen molar-refractivity contribution in [3.63, 3.8) is 0 Å². The van der Waals surface area contributed by atoms with E-state index in [9.17, 15) is 10.2 Å². The van der Waals surface area contributed by atoms with E-state index in [1.807, 2.05) is 24.3 Å². The second kappa shape index (κ2) is 7.08.